The van der Waals surface area contributed by atoms with Gasteiger partial charge in [0.2, 0.25) is 0 Å². The van der Waals surface area contributed by atoms with Crippen molar-refractivity contribution in [3.05, 3.63) is 12.2 Å². The van der Waals surface area contributed by atoms with Gasteiger partial charge in [-0.1, -0.05) is 33.1 Å². The van der Waals surface area contributed by atoms with Gasteiger partial charge in [0.15, 0.2) is 0 Å². The number of rotatable bonds is 10. The molecule has 4 fully saturated rings. The van der Waals surface area contributed by atoms with Gasteiger partial charge in [0.05, 0.1) is 17.8 Å². The Labute approximate surface area is 165 Å². The van der Waals surface area contributed by atoms with Crippen LogP contribution >= 0.6 is 0 Å². The van der Waals surface area contributed by atoms with E-state index < -0.39 is 19.3 Å². The fourth-order valence-corrected chi connectivity index (χ4v) is 6.62. The first-order chi connectivity index (χ1) is 12.6. The fraction of sp³-hybridized carbons (Fsp3) is 0.905. The molecule has 0 saturated heterocycles. The molecule has 4 aliphatic rings. The van der Waals surface area contributed by atoms with Crippen LogP contribution in [-0.4, -0.2) is 58.3 Å². The average molecular weight is 399 g/mol. The lowest BCUT2D eigenvalue weighted by Crippen LogP contribution is -2.64. The summed E-state index contributed by atoms with van der Waals surface area (Å²) >= 11 is 0. The van der Waals surface area contributed by atoms with Gasteiger partial charge in [-0.3, -0.25) is 0 Å². The molecular weight excluding hydrogens is 360 g/mol. The molecule has 4 rings (SSSR count). The van der Waals surface area contributed by atoms with Gasteiger partial charge < -0.3 is 24.1 Å². The first kappa shape index (κ1) is 21.5. The predicted molar refractivity (Wildman–Crippen MR) is 108 cm³/mol. The van der Waals surface area contributed by atoms with Crippen LogP contribution in [0, 0.1) is 23.7 Å². The van der Waals surface area contributed by atoms with Crippen LogP contribution in [0.1, 0.15) is 26.2 Å². The lowest BCUT2D eigenvalue weighted by atomic mass is 9.49. The molecule has 0 aliphatic heterocycles. The largest absolute Gasteiger partial charge is 0.389 e. The zero-order valence-corrected chi connectivity index (χ0v) is 18.8. The van der Waals surface area contributed by atoms with Crippen molar-refractivity contribution in [2.45, 2.75) is 63.1 Å². The first-order valence-electron chi connectivity index (χ1n) is 10.3. The van der Waals surface area contributed by atoms with Crippen molar-refractivity contribution in [3.8, 4) is 0 Å². The maximum Gasteiger partial charge on any atom is 0.147 e. The van der Waals surface area contributed by atoms with Gasteiger partial charge in [-0.15, -0.1) is 0 Å². The summed E-state index contributed by atoms with van der Waals surface area (Å²) in [7, 11) is 0.539. The Hall–Kier alpha value is -0.243. The minimum atomic E-state index is -1.10. The van der Waals surface area contributed by atoms with Crippen LogP contribution in [0.5, 0.6) is 0 Å². The van der Waals surface area contributed by atoms with Crippen LogP contribution in [0.4, 0.5) is 0 Å². The molecular formula is C21H38O5Si. The highest BCUT2D eigenvalue weighted by atomic mass is 28.3. The molecule has 0 spiro atoms. The zero-order valence-electron chi connectivity index (χ0n) is 17.8. The maximum absolute atomic E-state index is 11.3. The number of methoxy groups -OCH3 is 1. The molecule has 27 heavy (non-hydrogen) atoms. The zero-order chi connectivity index (χ0) is 19.9. The smallest absolute Gasteiger partial charge is 0.147 e. The van der Waals surface area contributed by atoms with Crippen molar-refractivity contribution in [2.75, 3.05) is 33.9 Å². The maximum atomic E-state index is 11.3. The van der Waals surface area contributed by atoms with Gasteiger partial charge in [-0.2, -0.15) is 0 Å². The molecule has 5 nitrogen and oxygen atoms in total. The Balaban J connectivity index is 1.67. The third kappa shape index (κ3) is 3.94. The Bertz CT molecular complexity index is 547. The SMILES string of the molecule is C=C1[C@@H]2C[C@]3(O)CC[C@@]1(OCOCC[Si](C)(C)C)[C@@H]3[C@@H](C)[C@@H]2COCOC. The van der Waals surface area contributed by atoms with Crippen LogP contribution in [0.15, 0.2) is 12.2 Å². The van der Waals surface area contributed by atoms with Crippen molar-refractivity contribution >= 4 is 8.07 Å². The monoisotopic (exact) mass is 398 g/mol. The molecule has 6 atom stereocenters. The number of aliphatic hydroxyl groups is 1. The van der Waals surface area contributed by atoms with E-state index in [1.165, 1.54) is 0 Å². The highest BCUT2D eigenvalue weighted by molar-refractivity contribution is 6.76. The van der Waals surface area contributed by atoms with E-state index in [2.05, 4.69) is 33.1 Å². The van der Waals surface area contributed by atoms with Crippen molar-refractivity contribution in [2.24, 2.45) is 23.7 Å². The van der Waals surface area contributed by atoms with E-state index in [4.69, 9.17) is 18.9 Å². The number of hydrogen-bond acceptors (Lipinski definition) is 5. The molecule has 4 saturated carbocycles. The molecule has 0 aromatic heterocycles. The van der Waals surface area contributed by atoms with Crippen LogP contribution in [-0.2, 0) is 18.9 Å². The van der Waals surface area contributed by atoms with E-state index in [-0.39, 0.29) is 11.8 Å². The van der Waals surface area contributed by atoms with Crippen LogP contribution in [0.3, 0.4) is 0 Å². The third-order valence-corrected chi connectivity index (χ3v) is 8.90. The molecule has 156 valence electrons. The minimum Gasteiger partial charge on any atom is -0.389 e. The molecule has 0 radical (unpaired) electrons. The van der Waals surface area contributed by atoms with Gasteiger partial charge in [0, 0.05) is 27.7 Å². The summed E-state index contributed by atoms with van der Waals surface area (Å²) in [4.78, 5) is 0. The first-order valence-corrected chi connectivity index (χ1v) is 14.1. The summed E-state index contributed by atoms with van der Waals surface area (Å²) in [5, 5.41) is 11.3. The quantitative estimate of drug-likeness (QED) is 0.263. The van der Waals surface area contributed by atoms with Crippen molar-refractivity contribution in [1.82, 2.24) is 0 Å². The van der Waals surface area contributed by atoms with Crippen molar-refractivity contribution < 1.29 is 24.1 Å². The Morgan fingerprint density at radius 2 is 1.93 bits per heavy atom. The summed E-state index contributed by atoms with van der Waals surface area (Å²) < 4.78 is 23.0. The van der Waals surface area contributed by atoms with E-state index in [9.17, 15) is 5.11 Å². The summed E-state index contributed by atoms with van der Waals surface area (Å²) in [5.74, 6) is 0.983. The fourth-order valence-electron chi connectivity index (χ4n) is 5.87. The second-order valence-corrected chi connectivity index (χ2v) is 15.7. The number of ether oxygens (including phenoxy) is 4. The molecule has 0 heterocycles. The summed E-state index contributed by atoms with van der Waals surface area (Å²) in [6.45, 7) is 15.7. The van der Waals surface area contributed by atoms with E-state index in [0.29, 0.717) is 32.0 Å². The van der Waals surface area contributed by atoms with Gasteiger partial charge in [0.25, 0.3) is 0 Å². The molecule has 0 unspecified atom stereocenters. The summed E-state index contributed by atoms with van der Waals surface area (Å²) in [6, 6.07) is 1.13. The molecule has 4 bridgehead atoms. The average Bonchev–Trinajstić information content (AvgIpc) is 2.84. The predicted octanol–water partition coefficient (Wildman–Crippen LogP) is 3.66. The Morgan fingerprint density at radius 1 is 1.19 bits per heavy atom. The van der Waals surface area contributed by atoms with Gasteiger partial charge in [-0.05, 0) is 48.6 Å². The summed E-state index contributed by atoms with van der Waals surface area (Å²) in [6.07, 6.45) is 2.42. The number of fused-ring (bicyclic) bond motifs is 1. The van der Waals surface area contributed by atoms with Crippen LogP contribution < -0.4 is 0 Å². The highest BCUT2D eigenvalue weighted by Crippen LogP contribution is 2.67. The molecule has 1 N–H and O–H groups in total. The Morgan fingerprint density at radius 3 is 2.59 bits per heavy atom. The lowest BCUT2D eigenvalue weighted by Gasteiger charge is -2.60. The van der Waals surface area contributed by atoms with E-state index in [0.717, 1.165) is 37.5 Å². The van der Waals surface area contributed by atoms with Crippen LogP contribution in [0.2, 0.25) is 25.7 Å². The second-order valence-electron chi connectivity index (χ2n) is 10.1. The van der Waals surface area contributed by atoms with E-state index >= 15 is 0 Å². The van der Waals surface area contributed by atoms with Crippen molar-refractivity contribution in [3.63, 3.8) is 0 Å². The summed E-state index contributed by atoms with van der Waals surface area (Å²) in [5.41, 5.74) is 0.0719. The lowest BCUT2D eigenvalue weighted by molar-refractivity contribution is -0.223. The second kappa shape index (κ2) is 7.88. The number of hydrogen-bond donors (Lipinski definition) is 1. The van der Waals surface area contributed by atoms with E-state index in [1.807, 2.05) is 0 Å². The standard InChI is InChI=1S/C21H38O5Si/c1-15-18(12-25-13-23-3)17-11-20(22)7-8-21(16(17)2,19(15)20)26-14-24-9-10-27(4,5)6/h15,17-19,22H,2,7-14H2,1,3-6H3/t15-,17-,18-,19+,20+,21-/m0/s1. The van der Waals surface area contributed by atoms with Gasteiger partial charge in [-0.25, -0.2) is 0 Å². The molecule has 0 aromatic rings. The van der Waals surface area contributed by atoms with Gasteiger partial charge in [0.1, 0.15) is 13.6 Å². The third-order valence-electron chi connectivity index (χ3n) is 7.20. The van der Waals surface area contributed by atoms with Gasteiger partial charge >= 0.3 is 0 Å². The van der Waals surface area contributed by atoms with Crippen LogP contribution in [0.25, 0.3) is 0 Å². The Kier molecular flexibility index (Phi) is 6.27. The highest BCUT2D eigenvalue weighted by Gasteiger charge is 2.70. The normalized spacial score (nSPS) is 40.7. The molecule has 6 heteroatoms. The van der Waals surface area contributed by atoms with Crippen molar-refractivity contribution in [1.29, 1.82) is 0 Å². The molecule has 0 amide bonds. The molecule has 0 aromatic carbocycles. The molecule has 4 aliphatic carbocycles. The van der Waals surface area contributed by atoms with E-state index in [1.54, 1.807) is 7.11 Å². The topological polar surface area (TPSA) is 57.2 Å². The minimum absolute atomic E-state index is 0.0687.